The van der Waals surface area contributed by atoms with Crippen molar-refractivity contribution in [2.45, 2.75) is 30.2 Å². The Morgan fingerprint density at radius 1 is 1.18 bits per heavy atom. The van der Waals surface area contributed by atoms with E-state index in [9.17, 15) is 9.59 Å². The zero-order valence-corrected chi connectivity index (χ0v) is 16.8. The number of piperazine rings is 1. The van der Waals surface area contributed by atoms with Crippen LogP contribution in [-0.2, 0) is 17.6 Å². The SMILES string of the molecule is CSc1ccc(CC2CNCCN2C(=O)c2ccc3c(c2)CCC(=O)N3)cc1. The molecule has 0 aromatic heterocycles. The summed E-state index contributed by atoms with van der Waals surface area (Å²) in [5.74, 6) is 0.119. The Morgan fingerprint density at radius 3 is 2.79 bits per heavy atom. The van der Waals surface area contributed by atoms with Gasteiger partial charge in [-0.1, -0.05) is 12.1 Å². The molecule has 2 heterocycles. The third kappa shape index (κ3) is 4.08. The molecule has 0 saturated carbocycles. The molecule has 2 aromatic rings. The Morgan fingerprint density at radius 2 is 2.00 bits per heavy atom. The zero-order chi connectivity index (χ0) is 19.5. The molecule has 0 spiro atoms. The van der Waals surface area contributed by atoms with Gasteiger partial charge in [-0.05, 0) is 60.6 Å². The van der Waals surface area contributed by atoms with Crippen LogP contribution in [0.2, 0.25) is 0 Å². The molecular formula is C22H25N3O2S. The van der Waals surface area contributed by atoms with E-state index in [2.05, 4.69) is 41.2 Å². The molecule has 146 valence electrons. The smallest absolute Gasteiger partial charge is 0.254 e. The van der Waals surface area contributed by atoms with Crippen molar-refractivity contribution in [3.05, 3.63) is 59.2 Å². The highest BCUT2D eigenvalue weighted by molar-refractivity contribution is 7.98. The fourth-order valence-corrected chi connectivity index (χ4v) is 4.33. The standard InChI is InChI=1S/C22H25N3O2S/c1-28-19-6-2-15(3-7-19)12-18-14-23-10-11-25(18)22(27)17-4-8-20-16(13-17)5-9-21(26)24-20/h2-4,6-8,13,18,23H,5,9-12,14H2,1H3,(H,24,26). The van der Waals surface area contributed by atoms with E-state index in [0.717, 1.165) is 30.8 Å². The first-order valence-corrected chi connectivity index (χ1v) is 10.9. The molecule has 0 radical (unpaired) electrons. The number of thioether (sulfide) groups is 1. The van der Waals surface area contributed by atoms with Crippen molar-refractivity contribution in [1.29, 1.82) is 0 Å². The van der Waals surface area contributed by atoms with Gasteiger partial charge in [0.1, 0.15) is 0 Å². The summed E-state index contributed by atoms with van der Waals surface area (Å²) >= 11 is 1.73. The maximum atomic E-state index is 13.3. The third-order valence-corrected chi connectivity index (χ3v) is 6.23. The maximum absolute atomic E-state index is 13.3. The summed E-state index contributed by atoms with van der Waals surface area (Å²) in [5.41, 5.74) is 3.83. The van der Waals surface area contributed by atoms with Crippen LogP contribution in [0.1, 0.15) is 27.9 Å². The van der Waals surface area contributed by atoms with Crippen molar-refractivity contribution < 1.29 is 9.59 Å². The van der Waals surface area contributed by atoms with Gasteiger partial charge in [0.25, 0.3) is 5.91 Å². The molecule has 5 nitrogen and oxygen atoms in total. The highest BCUT2D eigenvalue weighted by atomic mass is 32.2. The van der Waals surface area contributed by atoms with Crippen LogP contribution < -0.4 is 10.6 Å². The van der Waals surface area contributed by atoms with Crippen molar-refractivity contribution in [1.82, 2.24) is 10.2 Å². The molecule has 2 aliphatic rings. The minimum absolute atomic E-state index is 0.0428. The Balaban J connectivity index is 1.52. The molecular weight excluding hydrogens is 370 g/mol. The number of fused-ring (bicyclic) bond motifs is 1. The van der Waals surface area contributed by atoms with Crippen molar-refractivity contribution in [2.24, 2.45) is 0 Å². The number of carbonyl (C=O) groups is 2. The second-order valence-corrected chi connectivity index (χ2v) is 8.21. The van der Waals surface area contributed by atoms with Crippen molar-refractivity contribution in [2.75, 3.05) is 31.2 Å². The number of benzene rings is 2. The molecule has 2 aliphatic heterocycles. The molecule has 4 rings (SSSR count). The molecule has 2 amide bonds. The fraction of sp³-hybridized carbons (Fsp3) is 0.364. The van der Waals surface area contributed by atoms with E-state index >= 15 is 0 Å². The third-order valence-electron chi connectivity index (χ3n) is 5.49. The highest BCUT2D eigenvalue weighted by Crippen LogP contribution is 2.25. The first-order valence-electron chi connectivity index (χ1n) is 9.71. The van der Waals surface area contributed by atoms with E-state index in [1.807, 2.05) is 23.1 Å². The molecule has 2 aromatic carbocycles. The number of carbonyl (C=O) groups excluding carboxylic acids is 2. The van der Waals surface area contributed by atoms with Gasteiger partial charge in [-0.25, -0.2) is 0 Å². The molecule has 1 unspecified atom stereocenters. The number of nitrogens with one attached hydrogen (secondary N) is 2. The number of anilines is 1. The van der Waals surface area contributed by atoms with Crippen molar-refractivity contribution >= 4 is 29.3 Å². The average Bonchev–Trinajstić information content (AvgIpc) is 2.74. The summed E-state index contributed by atoms with van der Waals surface area (Å²) in [6, 6.07) is 14.4. The monoisotopic (exact) mass is 395 g/mol. The minimum atomic E-state index is 0.0428. The summed E-state index contributed by atoms with van der Waals surface area (Å²) < 4.78 is 0. The number of aryl methyl sites for hydroxylation is 1. The summed E-state index contributed by atoms with van der Waals surface area (Å²) in [4.78, 5) is 28.1. The van der Waals surface area contributed by atoms with Crippen LogP contribution in [0.3, 0.4) is 0 Å². The van der Waals surface area contributed by atoms with Gasteiger partial charge in [0.05, 0.1) is 0 Å². The van der Waals surface area contributed by atoms with Crippen LogP contribution in [0.5, 0.6) is 0 Å². The second kappa shape index (κ2) is 8.37. The van der Waals surface area contributed by atoms with Crippen molar-refractivity contribution in [3.8, 4) is 0 Å². The van der Waals surface area contributed by atoms with Crippen LogP contribution >= 0.6 is 11.8 Å². The lowest BCUT2D eigenvalue weighted by Crippen LogP contribution is -2.54. The summed E-state index contributed by atoms with van der Waals surface area (Å²) in [6.07, 6.45) is 4.08. The highest BCUT2D eigenvalue weighted by Gasteiger charge is 2.28. The van der Waals surface area contributed by atoms with Crippen LogP contribution in [0.4, 0.5) is 5.69 Å². The number of hydrogen-bond acceptors (Lipinski definition) is 4. The van der Waals surface area contributed by atoms with E-state index in [1.54, 1.807) is 11.8 Å². The van der Waals surface area contributed by atoms with Crippen molar-refractivity contribution in [3.63, 3.8) is 0 Å². The molecule has 0 aliphatic carbocycles. The average molecular weight is 396 g/mol. The predicted octanol–water partition coefficient (Wildman–Crippen LogP) is 2.95. The molecule has 28 heavy (non-hydrogen) atoms. The number of amides is 2. The fourth-order valence-electron chi connectivity index (χ4n) is 3.93. The van der Waals surface area contributed by atoms with E-state index < -0.39 is 0 Å². The van der Waals surface area contributed by atoms with E-state index in [0.29, 0.717) is 24.9 Å². The second-order valence-electron chi connectivity index (χ2n) is 7.33. The van der Waals surface area contributed by atoms with Crippen LogP contribution in [0, 0.1) is 0 Å². The molecule has 1 fully saturated rings. The largest absolute Gasteiger partial charge is 0.333 e. The van der Waals surface area contributed by atoms with Crippen LogP contribution in [-0.4, -0.2) is 48.6 Å². The lowest BCUT2D eigenvalue weighted by Gasteiger charge is -2.36. The van der Waals surface area contributed by atoms with Gasteiger partial charge < -0.3 is 15.5 Å². The summed E-state index contributed by atoms with van der Waals surface area (Å²) in [7, 11) is 0. The maximum Gasteiger partial charge on any atom is 0.254 e. The summed E-state index contributed by atoms with van der Waals surface area (Å²) in [5, 5.41) is 6.30. The van der Waals surface area contributed by atoms with E-state index in [1.165, 1.54) is 10.5 Å². The lowest BCUT2D eigenvalue weighted by atomic mass is 9.98. The predicted molar refractivity (Wildman–Crippen MR) is 113 cm³/mol. The van der Waals surface area contributed by atoms with Gasteiger partial charge in [-0.2, -0.15) is 0 Å². The van der Waals surface area contributed by atoms with E-state index in [-0.39, 0.29) is 17.9 Å². The number of nitrogens with zero attached hydrogens (tertiary/aromatic N) is 1. The first-order chi connectivity index (χ1) is 13.6. The van der Waals surface area contributed by atoms with Gasteiger partial charge in [0.2, 0.25) is 5.91 Å². The number of hydrogen-bond donors (Lipinski definition) is 2. The number of rotatable bonds is 4. The minimum Gasteiger partial charge on any atom is -0.333 e. The van der Waals surface area contributed by atoms with Gasteiger partial charge in [-0.15, -0.1) is 11.8 Å². The van der Waals surface area contributed by atoms with E-state index in [4.69, 9.17) is 0 Å². The Bertz CT molecular complexity index is 882. The van der Waals surface area contributed by atoms with Crippen LogP contribution in [0.15, 0.2) is 47.4 Å². The quantitative estimate of drug-likeness (QED) is 0.782. The Hall–Kier alpha value is -2.31. The molecule has 2 N–H and O–H groups in total. The summed E-state index contributed by atoms with van der Waals surface area (Å²) in [6.45, 7) is 2.33. The van der Waals surface area contributed by atoms with Crippen LogP contribution in [0.25, 0.3) is 0 Å². The first kappa shape index (κ1) is 19.0. The Labute approximate surface area is 169 Å². The van der Waals surface area contributed by atoms with Gasteiger partial charge in [0, 0.05) is 48.2 Å². The molecule has 1 saturated heterocycles. The van der Waals surface area contributed by atoms with Gasteiger partial charge in [-0.3, -0.25) is 9.59 Å². The normalized spacial score (nSPS) is 19.1. The molecule has 6 heteroatoms. The Kier molecular flexibility index (Phi) is 5.69. The molecule has 0 bridgehead atoms. The molecule has 1 atom stereocenters. The van der Waals surface area contributed by atoms with Gasteiger partial charge >= 0.3 is 0 Å². The topological polar surface area (TPSA) is 61.4 Å². The lowest BCUT2D eigenvalue weighted by molar-refractivity contribution is -0.116. The zero-order valence-electron chi connectivity index (χ0n) is 16.0. The van der Waals surface area contributed by atoms with Gasteiger partial charge in [0.15, 0.2) is 0 Å².